The van der Waals surface area contributed by atoms with E-state index in [1.54, 1.807) is 6.08 Å². The number of hydrogen-bond acceptors (Lipinski definition) is 5. The van der Waals surface area contributed by atoms with Gasteiger partial charge < -0.3 is 4.42 Å². The molecule has 4 bridgehead atoms. The largest absolute Gasteiger partial charge is 0.457 e. The van der Waals surface area contributed by atoms with Crippen molar-refractivity contribution in [2.75, 3.05) is 0 Å². The molecule has 2 aromatic rings. The lowest BCUT2D eigenvalue weighted by molar-refractivity contribution is -0.152. The number of carbonyl (C=O) groups is 2. The predicted molar refractivity (Wildman–Crippen MR) is 128 cm³/mol. The van der Waals surface area contributed by atoms with Gasteiger partial charge in [-0.15, -0.1) is 0 Å². The molecule has 0 radical (unpaired) electrons. The molecule has 0 unspecified atom stereocenters. The van der Waals surface area contributed by atoms with Gasteiger partial charge in [0.1, 0.15) is 11.5 Å². The zero-order chi connectivity index (χ0) is 21.9. The monoisotopic (exact) mass is 464 g/mol. The summed E-state index contributed by atoms with van der Waals surface area (Å²) in [6, 6.07) is 13.5. The average molecular weight is 465 g/mol. The minimum Gasteiger partial charge on any atom is -0.457 e. The van der Waals surface area contributed by atoms with Crippen molar-refractivity contribution in [1.82, 2.24) is 10.4 Å². The lowest BCUT2D eigenvalue weighted by atomic mass is 9.49. The molecular formula is C25H24N2O3S2. The topological polar surface area (TPSA) is 62.6 Å². The van der Waals surface area contributed by atoms with E-state index in [1.807, 2.05) is 42.5 Å². The number of amides is 2. The number of benzene rings is 1. The smallest absolute Gasteiger partial charge is 0.285 e. The number of carbonyl (C=O) groups excluding carboxylic acids is 2. The molecule has 5 nitrogen and oxygen atoms in total. The van der Waals surface area contributed by atoms with E-state index in [0.717, 1.165) is 30.6 Å². The van der Waals surface area contributed by atoms with E-state index in [4.69, 9.17) is 16.6 Å². The summed E-state index contributed by atoms with van der Waals surface area (Å²) in [6.45, 7) is 0. The lowest BCUT2D eigenvalue weighted by Crippen LogP contribution is -2.57. The van der Waals surface area contributed by atoms with Gasteiger partial charge in [-0.1, -0.05) is 42.1 Å². The van der Waals surface area contributed by atoms with E-state index in [-0.39, 0.29) is 17.2 Å². The van der Waals surface area contributed by atoms with E-state index in [0.29, 0.717) is 32.7 Å². The van der Waals surface area contributed by atoms with E-state index < -0.39 is 0 Å². The van der Waals surface area contributed by atoms with E-state index in [1.165, 1.54) is 36.0 Å². The molecule has 0 spiro atoms. The van der Waals surface area contributed by atoms with E-state index in [9.17, 15) is 9.59 Å². The summed E-state index contributed by atoms with van der Waals surface area (Å²) < 4.78 is 6.26. The Labute approximate surface area is 196 Å². The van der Waals surface area contributed by atoms with E-state index >= 15 is 0 Å². The zero-order valence-corrected chi connectivity index (χ0v) is 19.2. The molecule has 1 aromatic carbocycles. The number of hydrogen-bond donors (Lipinski definition) is 1. The molecule has 2 amide bonds. The van der Waals surface area contributed by atoms with Crippen LogP contribution in [0.3, 0.4) is 0 Å². The quantitative estimate of drug-likeness (QED) is 0.485. The summed E-state index contributed by atoms with van der Waals surface area (Å²) in [5, 5.41) is 1.26. The summed E-state index contributed by atoms with van der Waals surface area (Å²) in [5.74, 6) is 2.98. The minimum atomic E-state index is -0.326. The molecule has 5 fully saturated rings. The maximum atomic E-state index is 13.4. The SMILES string of the molecule is O=C1/C(=C/c2ccc(-c3ccccc3)o2)SC(=S)N1NC(=O)C12CC3CC(CC(C3)C1)C2. The minimum absolute atomic E-state index is 0.0292. The van der Waals surface area contributed by atoms with Crippen LogP contribution in [0.25, 0.3) is 17.4 Å². The second-order valence-electron chi connectivity index (χ2n) is 9.72. The van der Waals surface area contributed by atoms with Crippen LogP contribution in [0.2, 0.25) is 0 Å². The van der Waals surface area contributed by atoms with Gasteiger partial charge in [0.25, 0.3) is 5.91 Å². The fourth-order valence-corrected chi connectivity index (χ4v) is 7.65. The molecule has 32 heavy (non-hydrogen) atoms. The van der Waals surface area contributed by atoms with Gasteiger partial charge in [0.2, 0.25) is 5.91 Å². The summed E-state index contributed by atoms with van der Waals surface area (Å²) in [6.07, 6.45) is 8.35. The molecule has 4 aliphatic carbocycles. The molecule has 2 heterocycles. The van der Waals surface area contributed by atoms with Crippen LogP contribution >= 0.6 is 24.0 Å². The molecular weight excluding hydrogens is 440 g/mol. The van der Waals surface area contributed by atoms with Crippen LogP contribution in [0, 0.1) is 23.2 Å². The third-order valence-electron chi connectivity index (χ3n) is 7.49. The number of hydrazine groups is 1. The maximum absolute atomic E-state index is 13.4. The Kier molecular flexibility index (Phi) is 4.80. The molecule has 5 aliphatic rings. The van der Waals surface area contributed by atoms with Gasteiger partial charge in [-0.05, 0) is 80.6 Å². The van der Waals surface area contributed by atoms with Crippen LogP contribution in [-0.2, 0) is 9.59 Å². The zero-order valence-electron chi connectivity index (χ0n) is 17.6. The van der Waals surface area contributed by atoms with Crippen molar-refractivity contribution in [2.45, 2.75) is 38.5 Å². The van der Waals surface area contributed by atoms with Gasteiger partial charge in [-0.3, -0.25) is 15.0 Å². The van der Waals surface area contributed by atoms with Crippen LogP contribution in [-0.4, -0.2) is 21.1 Å². The Morgan fingerprint density at radius 3 is 2.38 bits per heavy atom. The Morgan fingerprint density at radius 1 is 1.06 bits per heavy atom. The molecule has 7 rings (SSSR count). The Balaban J connectivity index is 1.18. The molecule has 164 valence electrons. The first kappa shape index (κ1) is 20.2. The number of nitrogens with one attached hydrogen (secondary N) is 1. The highest BCUT2D eigenvalue weighted by Crippen LogP contribution is 2.60. The molecule has 1 aliphatic heterocycles. The van der Waals surface area contributed by atoms with Crippen LogP contribution in [0.1, 0.15) is 44.3 Å². The van der Waals surface area contributed by atoms with Gasteiger partial charge in [0.15, 0.2) is 4.32 Å². The summed E-state index contributed by atoms with van der Waals surface area (Å²) in [5.41, 5.74) is 3.54. The van der Waals surface area contributed by atoms with Gasteiger partial charge in [-0.25, -0.2) is 0 Å². The van der Waals surface area contributed by atoms with Gasteiger partial charge in [0.05, 0.1) is 10.3 Å². The summed E-state index contributed by atoms with van der Waals surface area (Å²) >= 11 is 6.63. The molecule has 7 heteroatoms. The maximum Gasteiger partial charge on any atom is 0.285 e. The summed E-state index contributed by atoms with van der Waals surface area (Å²) in [4.78, 5) is 26.9. The van der Waals surface area contributed by atoms with Crippen molar-refractivity contribution < 1.29 is 14.0 Å². The second-order valence-corrected chi connectivity index (χ2v) is 11.4. The Morgan fingerprint density at radius 2 is 1.72 bits per heavy atom. The average Bonchev–Trinajstić information content (AvgIpc) is 3.34. The van der Waals surface area contributed by atoms with E-state index in [2.05, 4.69) is 5.43 Å². The number of furan rings is 1. The van der Waals surface area contributed by atoms with Crippen molar-refractivity contribution in [3.05, 3.63) is 53.1 Å². The fourth-order valence-electron chi connectivity index (χ4n) is 6.49. The highest BCUT2D eigenvalue weighted by Gasteiger charge is 2.55. The normalized spacial score (nSPS) is 32.2. The number of rotatable bonds is 4. The van der Waals surface area contributed by atoms with Crippen molar-refractivity contribution in [3.8, 4) is 11.3 Å². The van der Waals surface area contributed by atoms with Crippen LogP contribution < -0.4 is 5.43 Å². The second kappa shape index (κ2) is 7.59. The fraction of sp³-hybridized carbons (Fsp3) is 0.400. The van der Waals surface area contributed by atoms with Crippen LogP contribution in [0.5, 0.6) is 0 Å². The molecule has 4 saturated carbocycles. The molecule has 1 aromatic heterocycles. The molecule has 1 N–H and O–H groups in total. The Bertz CT molecular complexity index is 1100. The number of thiocarbonyl (C=S) groups is 1. The third-order valence-corrected chi connectivity index (χ3v) is 8.79. The van der Waals surface area contributed by atoms with Crippen molar-refractivity contribution in [1.29, 1.82) is 0 Å². The van der Waals surface area contributed by atoms with Crippen LogP contribution in [0.15, 0.2) is 51.8 Å². The van der Waals surface area contributed by atoms with Gasteiger partial charge in [-0.2, -0.15) is 5.01 Å². The van der Waals surface area contributed by atoms with Crippen molar-refractivity contribution >= 4 is 46.2 Å². The Hall–Kier alpha value is -2.38. The molecule has 0 atom stereocenters. The number of nitrogens with zero attached hydrogens (tertiary/aromatic N) is 1. The van der Waals surface area contributed by atoms with Crippen molar-refractivity contribution in [2.24, 2.45) is 23.2 Å². The highest BCUT2D eigenvalue weighted by atomic mass is 32.2. The van der Waals surface area contributed by atoms with Crippen molar-refractivity contribution in [3.63, 3.8) is 0 Å². The first-order valence-electron chi connectivity index (χ1n) is 11.2. The summed E-state index contributed by atoms with van der Waals surface area (Å²) in [7, 11) is 0. The van der Waals surface area contributed by atoms with Crippen LogP contribution in [0.4, 0.5) is 0 Å². The lowest BCUT2D eigenvalue weighted by Gasteiger charge is -2.55. The standard InChI is InChI=1S/C25H24N2O3S2/c28-22-21(11-19-6-7-20(30-19)18-4-2-1-3-5-18)32-24(31)27(22)26-23(29)25-12-15-8-16(13-25)10-17(9-15)14-25/h1-7,11,15-17H,8-10,12-14H2,(H,26,29)/b21-11-. The predicted octanol–water partition coefficient (Wildman–Crippen LogP) is 5.40. The van der Waals surface area contributed by atoms with Gasteiger partial charge >= 0.3 is 0 Å². The number of thioether (sulfide) groups is 1. The first-order chi connectivity index (χ1) is 15.5. The molecule has 1 saturated heterocycles. The highest BCUT2D eigenvalue weighted by molar-refractivity contribution is 8.26. The third kappa shape index (κ3) is 3.42. The first-order valence-corrected chi connectivity index (χ1v) is 12.5. The van der Waals surface area contributed by atoms with Gasteiger partial charge in [0, 0.05) is 11.6 Å².